The third kappa shape index (κ3) is 5.21. The Hall–Kier alpha value is -2.73. The summed E-state index contributed by atoms with van der Waals surface area (Å²) >= 11 is 0. The topological polar surface area (TPSA) is 48.1 Å². The van der Waals surface area contributed by atoms with Gasteiger partial charge in [0, 0.05) is 44.0 Å². The highest BCUT2D eigenvalue weighted by Gasteiger charge is 2.24. The molecule has 0 aliphatic carbocycles. The van der Waals surface area contributed by atoms with Gasteiger partial charge in [0.1, 0.15) is 5.75 Å². The minimum Gasteiger partial charge on any atom is -0.496 e. The molecule has 0 radical (unpaired) electrons. The van der Waals surface area contributed by atoms with E-state index in [9.17, 15) is 4.79 Å². The zero-order chi connectivity index (χ0) is 20.8. The predicted molar refractivity (Wildman–Crippen MR) is 118 cm³/mol. The molecular formula is C23H32N4O2. The van der Waals surface area contributed by atoms with Gasteiger partial charge in [-0.25, -0.2) is 4.79 Å². The van der Waals surface area contributed by atoms with E-state index in [1.165, 1.54) is 11.3 Å². The normalized spacial score (nSPS) is 15.3. The number of anilines is 1. The number of carbonyl (C=O) groups excluding carboxylic acids is 1. The number of methoxy groups -OCH3 is 1. The molecule has 2 aromatic rings. The zero-order valence-corrected chi connectivity index (χ0v) is 17.9. The van der Waals surface area contributed by atoms with Crippen molar-refractivity contribution in [2.45, 2.75) is 13.0 Å². The van der Waals surface area contributed by atoms with Gasteiger partial charge in [-0.1, -0.05) is 30.3 Å². The molecule has 0 spiro atoms. The molecule has 0 saturated carbocycles. The predicted octanol–water partition coefficient (Wildman–Crippen LogP) is 3.14. The van der Waals surface area contributed by atoms with Crippen molar-refractivity contribution in [1.29, 1.82) is 0 Å². The Bertz CT molecular complexity index is 816. The van der Waals surface area contributed by atoms with Crippen molar-refractivity contribution in [2.75, 3.05) is 58.8 Å². The molecule has 2 amide bonds. The molecule has 0 aromatic heterocycles. The summed E-state index contributed by atoms with van der Waals surface area (Å²) in [6.45, 7) is 5.78. The van der Waals surface area contributed by atoms with Gasteiger partial charge < -0.3 is 24.8 Å². The van der Waals surface area contributed by atoms with E-state index in [0.29, 0.717) is 6.54 Å². The highest BCUT2D eigenvalue weighted by Crippen LogP contribution is 2.27. The Morgan fingerprint density at radius 1 is 1.10 bits per heavy atom. The molecule has 3 rings (SSSR count). The Morgan fingerprint density at radius 2 is 1.83 bits per heavy atom. The number of rotatable bonds is 6. The van der Waals surface area contributed by atoms with E-state index < -0.39 is 0 Å². The first kappa shape index (κ1) is 21.0. The highest BCUT2D eigenvalue weighted by atomic mass is 16.5. The van der Waals surface area contributed by atoms with E-state index in [0.717, 1.165) is 37.5 Å². The van der Waals surface area contributed by atoms with E-state index in [4.69, 9.17) is 4.74 Å². The van der Waals surface area contributed by atoms with Gasteiger partial charge in [-0.15, -0.1) is 0 Å². The molecule has 1 saturated heterocycles. The van der Waals surface area contributed by atoms with Crippen molar-refractivity contribution in [3.05, 3.63) is 59.7 Å². The molecule has 1 aliphatic rings. The van der Waals surface area contributed by atoms with E-state index in [2.05, 4.69) is 52.4 Å². The number of nitrogens with one attached hydrogen (secondary N) is 1. The number of amides is 2. The highest BCUT2D eigenvalue weighted by molar-refractivity contribution is 5.74. The molecule has 1 aliphatic heterocycles. The Kier molecular flexibility index (Phi) is 6.99. The lowest BCUT2D eigenvalue weighted by atomic mass is 10.0. The van der Waals surface area contributed by atoms with E-state index >= 15 is 0 Å². The molecule has 156 valence electrons. The van der Waals surface area contributed by atoms with Gasteiger partial charge in [0.2, 0.25) is 0 Å². The van der Waals surface area contributed by atoms with Gasteiger partial charge >= 0.3 is 6.03 Å². The molecule has 6 heteroatoms. The van der Waals surface area contributed by atoms with Crippen molar-refractivity contribution in [2.24, 2.45) is 0 Å². The quantitative estimate of drug-likeness (QED) is 0.815. The summed E-state index contributed by atoms with van der Waals surface area (Å²) < 4.78 is 5.51. The second-order valence-corrected chi connectivity index (χ2v) is 7.72. The van der Waals surface area contributed by atoms with Crippen LogP contribution in [0.2, 0.25) is 0 Å². The maximum Gasteiger partial charge on any atom is 0.317 e. The number of benzene rings is 2. The van der Waals surface area contributed by atoms with Crippen molar-refractivity contribution < 1.29 is 9.53 Å². The van der Waals surface area contributed by atoms with Crippen molar-refractivity contribution in [3.63, 3.8) is 0 Å². The SMILES string of the molecule is COc1ccccc1C(CNC(=O)N1CCN(c2cccc(C)c2)CC1)N(C)C. The fourth-order valence-corrected chi connectivity index (χ4v) is 3.80. The average Bonchev–Trinajstić information content (AvgIpc) is 2.74. The van der Waals surface area contributed by atoms with Crippen LogP contribution < -0.4 is 15.0 Å². The van der Waals surface area contributed by atoms with Crippen LogP contribution in [0, 0.1) is 6.92 Å². The number of hydrogen-bond acceptors (Lipinski definition) is 4. The first-order chi connectivity index (χ1) is 14.0. The van der Waals surface area contributed by atoms with E-state index in [1.807, 2.05) is 37.2 Å². The fourth-order valence-electron chi connectivity index (χ4n) is 3.80. The molecule has 1 unspecified atom stereocenters. The lowest BCUT2D eigenvalue weighted by Crippen LogP contribution is -2.52. The molecule has 1 N–H and O–H groups in total. The van der Waals surface area contributed by atoms with Gasteiger partial charge in [0.25, 0.3) is 0 Å². The fraction of sp³-hybridized carbons (Fsp3) is 0.435. The smallest absolute Gasteiger partial charge is 0.317 e. The average molecular weight is 397 g/mol. The molecule has 29 heavy (non-hydrogen) atoms. The van der Waals surface area contributed by atoms with Crippen molar-refractivity contribution >= 4 is 11.7 Å². The first-order valence-corrected chi connectivity index (χ1v) is 10.1. The third-order valence-corrected chi connectivity index (χ3v) is 5.50. The van der Waals surface area contributed by atoms with Crippen LogP contribution in [-0.4, -0.2) is 69.8 Å². The molecule has 1 fully saturated rings. The maximum absolute atomic E-state index is 12.8. The number of likely N-dealkylation sites (N-methyl/N-ethyl adjacent to an activating group) is 1. The summed E-state index contributed by atoms with van der Waals surface area (Å²) in [6.07, 6.45) is 0. The van der Waals surface area contributed by atoms with Crippen LogP contribution in [0.25, 0.3) is 0 Å². The zero-order valence-electron chi connectivity index (χ0n) is 17.9. The molecule has 6 nitrogen and oxygen atoms in total. The van der Waals surface area contributed by atoms with Crippen LogP contribution in [0.5, 0.6) is 5.75 Å². The minimum absolute atomic E-state index is 0.00404. The number of aryl methyl sites for hydroxylation is 1. The van der Waals surface area contributed by atoms with Crippen LogP contribution in [-0.2, 0) is 0 Å². The summed E-state index contributed by atoms with van der Waals surface area (Å²) in [7, 11) is 5.71. The van der Waals surface area contributed by atoms with Crippen LogP contribution in [0.15, 0.2) is 48.5 Å². The van der Waals surface area contributed by atoms with E-state index in [-0.39, 0.29) is 12.1 Å². The number of carbonyl (C=O) groups is 1. The van der Waals surface area contributed by atoms with Crippen LogP contribution in [0.4, 0.5) is 10.5 Å². The van der Waals surface area contributed by atoms with Gasteiger partial charge in [0.05, 0.1) is 13.2 Å². The van der Waals surface area contributed by atoms with Gasteiger partial charge in [-0.2, -0.15) is 0 Å². The molecule has 0 bridgehead atoms. The van der Waals surface area contributed by atoms with Gasteiger partial charge in [-0.3, -0.25) is 0 Å². The monoisotopic (exact) mass is 396 g/mol. The summed E-state index contributed by atoms with van der Waals surface area (Å²) in [5, 5.41) is 3.12. The second-order valence-electron chi connectivity index (χ2n) is 7.72. The largest absolute Gasteiger partial charge is 0.496 e. The van der Waals surface area contributed by atoms with E-state index in [1.54, 1.807) is 7.11 Å². The summed E-state index contributed by atoms with van der Waals surface area (Å²) in [5.74, 6) is 0.840. The van der Waals surface area contributed by atoms with Gasteiger partial charge in [-0.05, 0) is 44.8 Å². The number of para-hydroxylation sites is 1. The lowest BCUT2D eigenvalue weighted by Gasteiger charge is -2.36. The minimum atomic E-state index is -0.00404. The number of urea groups is 1. The Labute approximate surface area is 174 Å². The Morgan fingerprint density at radius 3 is 2.48 bits per heavy atom. The molecule has 1 heterocycles. The van der Waals surface area contributed by atoms with Crippen LogP contribution >= 0.6 is 0 Å². The molecular weight excluding hydrogens is 364 g/mol. The van der Waals surface area contributed by atoms with Crippen LogP contribution in [0.3, 0.4) is 0 Å². The second kappa shape index (κ2) is 9.65. The standard InChI is InChI=1S/C23H32N4O2/c1-18-8-7-9-19(16-18)26-12-14-27(15-13-26)23(28)24-17-21(25(2)3)20-10-5-6-11-22(20)29-4/h5-11,16,21H,12-15,17H2,1-4H3,(H,24,28). The molecule has 2 aromatic carbocycles. The molecule has 1 atom stereocenters. The number of hydrogen-bond donors (Lipinski definition) is 1. The lowest BCUT2D eigenvalue weighted by molar-refractivity contribution is 0.188. The third-order valence-electron chi connectivity index (χ3n) is 5.50. The first-order valence-electron chi connectivity index (χ1n) is 10.1. The van der Waals surface area contributed by atoms with Gasteiger partial charge in [0.15, 0.2) is 0 Å². The van der Waals surface area contributed by atoms with Crippen molar-refractivity contribution in [1.82, 2.24) is 15.1 Å². The maximum atomic E-state index is 12.8. The number of piperazine rings is 1. The summed E-state index contributed by atoms with van der Waals surface area (Å²) in [5.41, 5.74) is 3.56. The van der Waals surface area contributed by atoms with Crippen LogP contribution in [0.1, 0.15) is 17.2 Å². The summed E-state index contributed by atoms with van der Waals surface area (Å²) in [6, 6.07) is 16.5. The summed E-state index contributed by atoms with van der Waals surface area (Å²) in [4.78, 5) is 19.1. The Balaban J connectivity index is 1.56. The number of nitrogens with zero attached hydrogens (tertiary/aromatic N) is 3. The van der Waals surface area contributed by atoms with Crippen molar-refractivity contribution in [3.8, 4) is 5.75 Å². The number of ether oxygens (including phenoxy) is 1.